The lowest BCUT2D eigenvalue weighted by molar-refractivity contribution is 0.0612. The molecule has 1 unspecified atom stereocenters. The Labute approximate surface area is 124 Å². The number of nitrogens with one attached hydrogen (secondary N) is 1. The van der Waals surface area contributed by atoms with Gasteiger partial charge in [-0.25, -0.2) is 9.97 Å². The van der Waals surface area contributed by atoms with E-state index in [1.165, 1.54) is 12.2 Å². The maximum atomic E-state index is 5.49. The lowest BCUT2D eigenvalue weighted by Crippen LogP contribution is -2.22. The van der Waals surface area contributed by atoms with E-state index in [0.29, 0.717) is 11.8 Å². The summed E-state index contributed by atoms with van der Waals surface area (Å²) in [5.74, 6) is 2.44. The molecule has 1 atom stereocenters. The van der Waals surface area contributed by atoms with Gasteiger partial charge in [0.15, 0.2) is 5.65 Å². The second-order valence-electron chi connectivity index (χ2n) is 6.17. The van der Waals surface area contributed by atoms with Crippen molar-refractivity contribution in [2.24, 2.45) is 5.92 Å². The number of fused-ring (bicyclic) bond motifs is 1. The van der Waals surface area contributed by atoms with Crippen LogP contribution in [0.3, 0.4) is 0 Å². The standard InChI is InChI=1S/C16H22N4O/c1-2-14-16(18-6-1)20(11-12-4-8-21-9-5-12)15(19-14)13-3-7-17-10-13/h1-2,6,12-13,17H,3-5,7-11H2. The fourth-order valence-corrected chi connectivity index (χ4v) is 3.53. The average molecular weight is 286 g/mol. The molecule has 0 aromatic carbocycles. The van der Waals surface area contributed by atoms with E-state index in [1.54, 1.807) is 0 Å². The first kappa shape index (κ1) is 13.2. The summed E-state index contributed by atoms with van der Waals surface area (Å²) in [5, 5.41) is 3.45. The van der Waals surface area contributed by atoms with E-state index in [1.807, 2.05) is 12.3 Å². The molecular formula is C16H22N4O. The number of ether oxygens (including phenoxy) is 1. The molecule has 1 N–H and O–H groups in total. The first-order valence-electron chi connectivity index (χ1n) is 8.01. The SMILES string of the molecule is c1cnc2c(c1)nc(C1CCNC1)n2CC1CCOCC1. The van der Waals surface area contributed by atoms with Crippen LogP contribution in [-0.4, -0.2) is 40.8 Å². The van der Waals surface area contributed by atoms with Crippen molar-refractivity contribution in [3.8, 4) is 0 Å². The van der Waals surface area contributed by atoms with Crippen LogP contribution in [0.5, 0.6) is 0 Å². The molecule has 0 aliphatic carbocycles. The molecule has 2 fully saturated rings. The van der Waals surface area contributed by atoms with Crippen molar-refractivity contribution in [1.82, 2.24) is 19.9 Å². The molecule has 2 aliphatic heterocycles. The van der Waals surface area contributed by atoms with Gasteiger partial charge in [0.25, 0.3) is 0 Å². The Morgan fingerprint density at radius 3 is 3.00 bits per heavy atom. The molecule has 2 aliphatic rings. The zero-order chi connectivity index (χ0) is 14.1. The zero-order valence-corrected chi connectivity index (χ0v) is 12.3. The van der Waals surface area contributed by atoms with Gasteiger partial charge in [0.05, 0.1) is 0 Å². The number of rotatable bonds is 3. The van der Waals surface area contributed by atoms with Gasteiger partial charge in [-0.15, -0.1) is 0 Å². The Hall–Kier alpha value is -1.46. The van der Waals surface area contributed by atoms with Gasteiger partial charge in [-0.2, -0.15) is 0 Å². The van der Waals surface area contributed by atoms with Gasteiger partial charge in [-0.1, -0.05) is 0 Å². The van der Waals surface area contributed by atoms with E-state index in [-0.39, 0.29) is 0 Å². The molecule has 0 amide bonds. The van der Waals surface area contributed by atoms with Crippen LogP contribution < -0.4 is 5.32 Å². The highest BCUT2D eigenvalue weighted by atomic mass is 16.5. The summed E-state index contributed by atoms with van der Waals surface area (Å²) in [5.41, 5.74) is 2.08. The molecule has 2 saturated heterocycles. The van der Waals surface area contributed by atoms with Crippen molar-refractivity contribution in [3.05, 3.63) is 24.2 Å². The fraction of sp³-hybridized carbons (Fsp3) is 0.625. The minimum absolute atomic E-state index is 0.527. The van der Waals surface area contributed by atoms with Crippen LogP contribution in [0.15, 0.2) is 18.3 Å². The number of nitrogens with zero attached hydrogens (tertiary/aromatic N) is 3. The molecule has 21 heavy (non-hydrogen) atoms. The summed E-state index contributed by atoms with van der Waals surface area (Å²) in [6.45, 7) is 4.95. The molecular weight excluding hydrogens is 264 g/mol. The Morgan fingerprint density at radius 2 is 2.19 bits per heavy atom. The fourth-order valence-electron chi connectivity index (χ4n) is 3.53. The number of imidazole rings is 1. The summed E-state index contributed by atoms with van der Waals surface area (Å²) in [4.78, 5) is 9.48. The molecule has 0 spiro atoms. The lowest BCUT2D eigenvalue weighted by Gasteiger charge is -2.24. The number of hydrogen-bond donors (Lipinski definition) is 1. The highest BCUT2D eigenvalue weighted by molar-refractivity contribution is 5.71. The van der Waals surface area contributed by atoms with Crippen LogP contribution in [0.25, 0.3) is 11.2 Å². The van der Waals surface area contributed by atoms with Gasteiger partial charge in [-0.3, -0.25) is 0 Å². The minimum Gasteiger partial charge on any atom is -0.381 e. The third kappa shape index (κ3) is 2.56. The zero-order valence-electron chi connectivity index (χ0n) is 12.3. The van der Waals surface area contributed by atoms with Crippen molar-refractivity contribution in [1.29, 1.82) is 0 Å². The van der Waals surface area contributed by atoms with E-state index in [9.17, 15) is 0 Å². The molecule has 0 saturated carbocycles. The number of aromatic nitrogens is 3. The van der Waals surface area contributed by atoms with E-state index in [4.69, 9.17) is 9.72 Å². The first-order valence-corrected chi connectivity index (χ1v) is 8.01. The van der Waals surface area contributed by atoms with E-state index in [2.05, 4.69) is 20.9 Å². The van der Waals surface area contributed by atoms with Crippen molar-refractivity contribution in [2.45, 2.75) is 31.7 Å². The molecule has 4 heterocycles. The summed E-state index contributed by atoms with van der Waals surface area (Å²) >= 11 is 0. The van der Waals surface area contributed by atoms with Gasteiger partial charge < -0.3 is 14.6 Å². The van der Waals surface area contributed by atoms with Crippen molar-refractivity contribution >= 4 is 11.2 Å². The topological polar surface area (TPSA) is 52.0 Å². The van der Waals surface area contributed by atoms with Gasteiger partial charge >= 0.3 is 0 Å². The Kier molecular flexibility index (Phi) is 3.61. The highest BCUT2D eigenvalue weighted by Crippen LogP contribution is 2.28. The van der Waals surface area contributed by atoms with Crippen LogP contribution >= 0.6 is 0 Å². The van der Waals surface area contributed by atoms with Crippen molar-refractivity contribution in [3.63, 3.8) is 0 Å². The Morgan fingerprint density at radius 1 is 1.29 bits per heavy atom. The predicted octanol–water partition coefficient (Wildman–Crippen LogP) is 1.93. The third-order valence-electron chi connectivity index (χ3n) is 4.74. The molecule has 0 bridgehead atoms. The molecule has 5 nitrogen and oxygen atoms in total. The molecule has 112 valence electrons. The molecule has 2 aromatic rings. The molecule has 0 radical (unpaired) electrons. The smallest absolute Gasteiger partial charge is 0.160 e. The Balaban J connectivity index is 1.70. The number of pyridine rings is 1. The lowest BCUT2D eigenvalue weighted by atomic mass is 10.00. The van der Waals surface area contributed by atoms with Crippen molar-refractivity contribution < 1.29 is 4.74 Å². The number of hydrogen-bond acceptors (Lipinski definition) is 4. The van der Waals surface area contributed by atoms with E-state index >= 15 is 0 Å². The predicted molar refractivity (Wildman–Crippen MR) is 81.3 cm³/mol. The van der Waals surface area contributed by atoms with Gasteiger partial charge in [0.2, 0.25) is 0 Å². The Bertz CT molecular complexity index is 612. The van der Waals surface area contributed by atoms with E-state index in [0.717, 1.165) is 56.9 Å². The van der Waals surface area contributed by atoms with Crippen LogP contribution in [0.1, 0.15) is 31.0 Å². The maximum absolute atomic E-state index is 5.49. The molecule has 5 heteroatoms. The average Bonchev–Trinajstić information content (AvgIpc) is 3.16. The second kappa shape index (κ2) is 5.73. The molecule has 2 aromatic heterocycles. The van der Waals surface area contributed by atoms with Crippen molar-refractivity contribution in [2.75, 3.05) is 26.3 Å². The normalized spacial score (nSPS) is 23.9. The van der Waals surface area contributed by atoms with Crippen LogP contribution in [0.4, 0.5) is 0 Å². The summed E-state index contributed by atoms with van der Waals surface area (Å²) in [6, 6.07) is 4.06. The van der Waals surface area contributed by atoms with Gasteiger partial charge in [0.1, 0.15) is 11.3 Å². The summed E-state index contributed by atoms with van der Waals surface area (Å²) < 4.78 is 7.86. The quantitative estimate of drug-likeness (QED) is 0.937. The monoisotopic (exact) mass is 286 g/mol. The summed E-state index contributed by atoms with van der Waals surface area (Å²) in [7, 11) is 0. The van der Waals surface area contributed by atoms with Crippen LogP contribution in [-0.2, 0) is 11.3 Å². The van der Waals surface area contributed by atoms with Crippen LogP contribution in [0.2, 0.25) is 0 Å². The minimum atomic E-state index is 0.527. The van der Waals surface area contributed by atoms with E-state index < -0.39 is 0 Å². The van der Waals surface area contributed by atoms with Crippen LogP contribution in [0, 0.1) is 5.92 Å². The highest BCUT2D eigenvalue weighted by Gasteiger charge is 2.25. The second-order valence-corrected chi connectivity index (χ2v) is 6.17. The van der Waals surface area contributed by atoms with Gasteiger partial charge in [-0.05, 0) is 43.9 Å². The van der Waals surface area contributed by atoms with Gasteiger partial charge in [0, 0.05) is 38.4 Å². The maximum Gasteiger partial charge on any atom is 0.160 e. The first-order chi connectivity index (χ1) is 10.4. The molecule has 4 rings (SSSR count). The summed E-state index contributed by atoms with van der Waals surface area (Å²) in [6.07, 6.45) is 5.35. The largest absolute Gasteiger partial charge is 0.381 e. The third-order valence-corrected chi connectivity index (χ3v) is 4.74.